The molecule has 20 heavy (non-hydrogen) atoms. The molecule has 1 atom stereocenters. The molecular weight excluding hydrogens is 250 g/mol. The maximum absolute atomic E-state index is 12.0. The third kappa shape index (κ3) is 3.93. The topological polar surface area (TPSA) is 49.3 Å². The fraction of sp³-hybridized carbons (Fsp3) is 0.235. The summed E-state index contributed by atoms with van der Waals surface area (Å²) < 4.78 is 0. The lowest BCUT2D eigenvalue weighted by molar-refractivity contribution is -0.121. The summed E-state index contributed by atoms with van der Waals surface area (Å²) in [5, 5.41) is 12.3. The van der Waals surface area contributed by atoms with Crippen LogP contribution in [-0.2, 0) is 11.2 Å². The zero-order valence-corrected chi connectivity index (χ0v) is 11.5. The largest absolute Gasteiger partial charge is 0.394 e. The predicted octanol–water partition coefficient (Wildman–Crippen LogP) is 2.39. The van der Waals surface area contributed by atoms with Crippen LogP contribution < -0.4 is 5.32 Å². The van der Waals surface area contributed by atoms with E-state index < -0.39 is 0 Å². The number of rotatable bonds is 5. The molecule has 0 heterocycles. The van der Waals surface area contributed by atoms with Gasteiger partial charge >= 0.3 is 0 Å². The van der Waals surface area contributed by atoms with Gasteiger partial charge in [0.2, 0.25) is 5.91 Å². The number of hydrogen-bond donors (Lipinski definition) is 2. The summed E-state index contributed by atoms with van der Waals surface area (Å²) in [5.41, 5.74) is 3.05. The monoisotopic (exact) mass is 269 g/mol. The Balaban J connectivity index is 1.97. The van der Waals surface area contributed by atoms with E-state index in [9.17, 15) is 9.90 Å². The highest BCUT2D eigenvalue weighted by molar-refractivity contribution is 5.79. The van der Waals surface area contributed by atoms with Crippen LogP contribution in [0.1, 0.15) is 22.7 Å². The number of aliphatic hydroxyl groups excluding tert-OH is 1. The normalized spacial score (nSPS) is 11.9. The van der Waals surface area contributed by atoms with Crippen LogP contribution >= 0.6 is 0 Å². The van der Waals surface area contributed by atoms with Crippen LogP contribution in [0.2, 0.25) is 0 Å². The molecule has 2 aromatic rings. The molecule has 0 fully saturated rings. The first-order valence-electron chi connectivity index (χ1n) is 6.70. The van der Waals surface area contributed by atoms with Crippen molar-refractivity contribution in [3.63, 3.8) is 0 Å². The maximum atomic E-state index is 12.0. The number of benzene rings is 2. The van der Waals surface area contributed by atoms with Gasteiger partial charge in [0.25, 0.3) is 0 Å². The Kier molecular flexibility index (Phi) is 4.91. The lowest BCUT2D eigenvalue weighted by atomic mass is 10.1. The van der Waals surface area contributed by atoms with Crippen molar-refractivity contribution < 1.29 is 9.90 Å². The minimum Gasteiger partial charge on any atom is -0.394 e. The van der Waals surface area contributed by atoms with Crippen molar-refractivity contribution in [3.8, 4) is 0 Å². The van der Waals surface area contributed by atoms with Crippen molar-refractivity contribution in [2.45, 2.75) is 19.4 Å². The second-order valence-electron chi connectivity index (χ2n) is 4.88. The van der Waals surface area contributed by atoms with Gasteiger partial charge in [-0.15, -0.1) is 0 Å². The molecule has 3 heteroatoms. The molecule has 2 aromatic carbocycles. The average Bonchev–Trinajstić information content (AvgIpc) is 2.48. The van der Waals surface area contributed by atoms with Crippen LogP contribution in [0.3, 0.4) is 0 Å². The predicted molar refractivity (Wildman–Crippen MR) is 79.3 cm³/mol. The van der Waals surface area contributed by atoms with Gasteiger partial charge in [0.15, 0.2) is 0 Å². The highest BCUT2D eigenvalue weighted by atomic mass is 16.3. The second-order valence-corrected chi connectivity index (χ2v) is 4.88. The number of carbonyl (C=O) groups excluding carboxylic acids is 1. The highest BCUT2D eigenvalue weighted by Crippen LogP contribution is 2.12. The van der Waals surface area contributed by atoms with Crippen LogP contribution in [0, 0.1) is 6.92 Å². The Labute approximate surface area is 119 Å². The number of aryl methyl sites for hydroxylation is 1. The van der Waals surface area contributed by atoms with Gasteiger partial charge in [0, 0.05) is 0 Å². The van der Waals surface area contributed by atoms with E-state index >= 15 is 0 Å². The fourth-order valence-electron chi connectivity index (χ4n) is 2.06. The molecule has 0 saturated heterocycles. The fourth-order valence-corrected chi connectivity index (χ4v) is 2.06. The van der Waals surface area contributed by atoms with Gasteiger partial charge < -0.3 is 10.4 Å². The van der Waals surface area contributed by atoms with E-state index in [4.69, 9.17) is 0 Å². The molecule has 1 amide bonds. The number of hydrogen-bond acceptors (Lipinski definition) is 2. The summed E-state index contributed by atoms with van der Waals surface area (Å²) in [6, 6.07) is 17.0. The van der Waals surface area contributed by atoms with Gasteiger partial charge in [0.05, 0.1) is 19.1 Å². The smallest absolute Gasteiger partial charge is 0.224 e. The average molecular weight is 269 g/mol. The Morgan fingerprint density at radius 2 is 1.75 bits per heavy atom. The molecule has 2 rings (SSSR count). The van der Waals surface area contributed by atoms with Crippen molar-refractivity contribution in [2.75, 3.05) is 6.61 Å². The minimum atomic E-state index is -0.353. The first-order valence-corrected chi connectivity index (χ1v) is 6.70. The van der Waals surface area contributed by atoms with E-state index in [-0.39, 0.29) is 18.6 Å². The van der Waals surface area contributed by atoms with Crippen LogP contribution in [0.25, 0.3) is 0 Å². The number of aliphatic hydroxyl groups is 1. The minimum absolute atomic E-state index is 0.0863. The van der Waals surface area contributed by atoms with Gasteiger partial charge in [0.1, 0.15) is 0 Å². The molecule has 0 aliphatic rings. The molecule has 0 spiro atoms. The third-order valence-electron chi connectivity index (χ3n) is 3.21. The maximum Gasteiger partial charge on any atom is 0.224 e. The molecular formula is C17H19NO2. The van der Waals surface area contributed by atoms with Gasteiger partial charge in [-0.3, -0.25) is 4.79 Å². The molecule has 0 aliphatic heterocycles. The third-order valence-corrected chi connectivity index (χ3v) is 3.21. The van der Waals surface area contributed by atoms with Crippen LogP contribution in [0.4, 0.5) is 0 Å². The molecule has 0 unspecified atom stereocenters. The summed E-state index contributed by atoms with van der Waals surface area (Å²) in [4.78, 5) is 12.0. The lowest BCUT2D eigenvalue weighted by Gasteiger charge is -2.16. The molecule has 104 valence electrons. The number of carbonyl (C=O) groups is 1. The van der Waals surface area contributed by atoms with Gasteiger partial charge in [-0.1, -0.05) is 60.2 Å². The van der Waals surface area contributed by atoms with Crippen LogP contribution in [0.15, 0.2) is 54.6 Å². The van der Waals surface area contributed by atoms with Crippen molar-refractivity contribution in [1.29, 1.82) is 0 Å². The molecule has 0 radical (unpaired) electrons. The van der Waals surface area contributed by atoms with Gasteiger partial charge in [-0.2, -0.15) is 0 Å². The van der Waals surface area contributed by atoms with E-state index in [1.54, 1.807) is 0 Å². The van der Waals surface area contributed by atoms with Crippen molar-refractivity contribution in [3.05, 3.63) is 71.3 Å². The van der Waals surface area contributed by atoms with E-state index in [1.807, 2.05) is 61.5 Å². The van der Waals surface area contributed by atoms with E-state index in [0.717, 1.165) is 11.1 Å². The Morgan fingerprint density at radius 3 is 2.35 bits per heavy atom. The summed E-state index contributed by atoms with van der Waals surface area (Å²) in [6.45, 7) is 1.91. The summed E-state index contributed by atoms with van der Waals surface area (Å²) >= 11 is 0. The lowest BCUT2D eigenvalue weighted by Crippen LogP contribution is -2.31. The first kappa shape index (κ1) is 14.3. The van der Waals surface area contributed by atoms with Gasteiger partial charge in [-0.25, -0.2) is 0 Å². The summed E-state index contributed by atoms with van der Waals surface area (Å²) in [7, 11) is 0. The van der Waals surface area contributed by atoms with Crippen molar-refractivity contribution in [1.82, 2.24) is 5.32 Å². The molecule has 0 bridgehead atoms. The van der Waals surface area contributed by atoms with Crippen LogP contribution in [-0.4, -0.2) is 17.6 Å². The molecule has 0 aliphatic carbocycles. The molecule has 0 saturated carbocycles. The molecule has 2 N–H and O–H groups in total. The zero-order valence-electron chi connectivity index (χ0n) is 11.5. The second kappa shape index (κ2) is 6.87. The van der Waals surface area contributed by atoms with E-state index in [0.29, 0.717) is 6.42 Å². The van der Waals surface area contributed by atoms with E-state index in [1.165, 1.54) is 5.56 Å². The van der Waals surface area contributed by atoms with Crippen LogP contribution in [0.5, 0.6) is 0 Å². The van der Waals surface area contributed by atoms with Gasteiger partial charge in [-0.05, 0) is 18.1 Å². The highest BCUT2D eigenvalue weighted by Gasteiger charge is 2.13. The standard InChI is InChI=1S/C17H19NO2/c1-13-7-9-14(10-8-13)11-17(20)18-16(12-19)15-5-3-2-4-6-15/h2-10,16,19H,11-12H2,1H3,(H,18,20)/t16-/m1/s1. The van der Waals surface area contributed by atoms with Crippen molar-refractivity contribution >= 4 is 5.91 Å². The first-order chi connectivity index (χ1) is 9.69. The Bertz CT molecular complexity index is 549. The summed E-state index contributed by atoms with van der Waals surface area (Å²) in [5.74, 6) is -0.0863. The molecule has 0 aromatic heterocycles. The Morgan fingerprint density at radius 1 is 1.10 bits per heavy atom. The SMILES string of the molecule is Cc1ccc(CC(=O)N[C@H](CO)c2ccccc2)cc1. The Hall–Kier alpha value is -2.13. The summed E-state index contributed by atoms with van der Waals surface area (Å²) in [6.07, 6.45) is 0.323. The number of amides is 1. The number of nitrogens with one attached hydrogen (secondary N) is 1. The quantitative estimate of drug-likeness (QED) is 0.875. The zero-order chi connectivity index (χ0) is 14.4. The molecule has 3 nitrogen and oxygen atoms in total. The van der Waals surface area contributed by atoms with E-state index in [2.05, 4.69) is 5.32 Å². The van der Waals surface area contributed by atoms with Crippen molar-refractivity contribution in [2.24, 2.45) is 0 Å².